The molecular formula is C52H58O5P2. The van der Waals surface area contributed by atoms with Crippen molar-refractivity contribution in [3.8, 4) is 34.5 Å². The summed E-state index contributed by atoms with van der Waals surface area (Å²) in [5, 5.41) is 1.70. The van der Waals surface area contributed by atoms with Gasteiger partial charge in [0.15, 0.2) is 0 Å². The minimum atomic E-state index is -1.79. The van der Waals surface area contributed by atoms with Crippen molar-refractivity contribution < 1.29 is 22.8 Å². The third-order valence-electron chi connectivity index (χ3n) is 10.8. The third-order valence-corrected chi connectivity index (χ3v) is 13.8. The molecule has 59 heavy (non-hydrogen) atoms. The number of rotatable bonds is 10. The van der Waals surface area contributed by atoms with E-state index in [9.17, 15) is 0 Å². The predicted molar refractivity (Wildman–Crippen MR) is 247 cm³/mol. The molecule has 1 aliphatic rings. The summed E-state index contributed by atoms with van der Waals surface area (Å²) in [6, 6.07) is 45.6. The van der Waals surface area contributed by atoms with E-state index in [2.05, 4.69) is 162 Å². The Bertz CT molecular complexity index is 2390. The van der Waals surface area contributed by atoms with E-state index in [1.165, 1.54) is 0 Å². The lowest BCUT2D eigenvalue weighted by atomic mass is 9.76. The first-order chi connectivity index (χ1) is 27.8. The number of fused-ring (bicyclic) bond motifs is 2. The normalized spacial score (nSPS) is 14.1. The van der Waals surface area contributed by atoms with Crippen LogP contribution in [0.1, 0.15) is 110 Å². The number of benzene rings is 6. The highest BCUT2D eigenvalue weighted by molar-refractivity contribution is 7.57. The summed E-state index contributed by atoms with van der Waals surface area (Å²) in [6.07, 6.45) is 0. The van der Waals surface area contributed by atoms with Gasteiger partial charge in [0.05, 0.1) is 10.6 Å². The minimum Gasteiger partial charge on any atom is -0.455 e. The van der Waals surface area contributed by atoms with Crippen LogP contribution in [0.2, 0.25) is 0 Å². The highest BCUT2D eigenvalue weighted by atomic mass is 31.2. The molecular weight excluding hydrogens is 767 g/mol. The third kappa shape index (κ3) is 8.89. The number of hydrogen-bond acceptors (Lipinski definition) is 5. The maximum atomic E-state index is 7.32. The molecule has 0 N–H and O–H groups in total. The molecule has 1 heterocycles. The average Bonchev–Trinajstić information content (AvgIpc) is 3.17. The number of aryl methyl sites for hydroxylation is 1. The van der Waals surface area contributed by atoms with E-state index < -0.39 is 22.2 Å². The molecule has 0 saturated carbocycles. The Hall–Kier alpha value is -4.82. The van der Waals surface area contributed by atoms with Crippen molar-refractivity contribution in [3.63, 3.8) is 0 Å². The summed E-state index contributed by atoms with van der Waals surface area (Å²) < 4.78 is 35.7. The fourth-order valence-electron chi connectivity index (χ4n) is 7.53. The van der Waals surface area contributed by atoms with Crippen LogP contribution in [-0.2, 0) is 21.7 Å². The zero-order valence-electron chi connectivity index (χ0n) is 36.6. The molecule has 306 valence electrons. The standard InChI is InChI=1S/C52H58O5P2/c1-35-23-13-17-29-41(35)54-58(55-42-30-18-14-24-36(42)49(2,3)4)45-33-21-27-39-47(45)53-48-40(52(39,11)12)28-22-34-46(48)59(56-43-31-19-15-25-37(43)50(5,6)7)57-44-32-20-16-26-38(44)51(8,9)10/h13-34H,1-12H3. The van der Waals surface area contributed by atoms with Crippen molar-refractivity contribution >= 4 is 27.4 Å². The first-order valence-corrected chi connectivity index (χ1v) is 22.8. The van der Waals surface area contributed by atoms with Gasteiger partial charge in [-0.25, -0.2) is 0 Å². The molecule has 0 radical (unpaired) electrons. The lowest BCUT2D eigenvalue weighted by Gasteiger charge is -2.37. The zero-order valence-corrected chi connectivity index (χ0v) is 38.4. The minimum absolute atomic E-state index is 0.156. The van der Waals surface area contributed by atoms with E-state index in [4.69, 9.17) is 22.8 Å². The monoisotopic (exact) mass is 824 g/mol. The second-order valence-electron chi connectivity index (χ2n) is 18.9. The second-order valence-corrected chi connectivity index (χ2v) is 21.6. The predicted octanol–water partition coefficient (Wildman–Crippen LogP) is 14.5. The Kier molecular flexibility index (Phi) is 11.7. The van der Waals surface area contributed by atoms with Gasteiger partial charge >= 0.3 is 16.8 Å². The summed E-state index contributed by atoms with van der Waals surface area (Å²) in [7, 11) is -3.54. The molecule has 7 heteroatoms. The fourth-order valence-corrected chi connectivity index (χ4v) is 10.5. The Morgan fingerprint density at radius 1 is 0.407 bits per heavy atom. The van der Waals surface area contributed by atoms with Gasteiger partial charge in [-0.15, -0.1) is 0 Å². The van der Waals surface area contributed by atoms with Crippen molar-refractivity contribution in [2.75, 3.05) is 0 Å². The molecule has 0 amide bonds. The van der Waals surface area contributed by atoms with Crippen LogP contribution in [0.15, 0.2) is 133 Å². The Morgan fingerprint density at radius 3 is 1.08 bits per heavy atom. The molecule has 0 fully saturated rings. The Morgan fingerprint density at radius 2 is 0.729 bits per heavy atom. The summed E-state index contributed by atoms with van der Waals surface area (Å²) in [4.78, 5) is 0. The molecule has 6 aromatic carbocycles. The quantitative estimate of drug-likeness (QED) is 0.129. The van der Waals surface area contributed by atoms with E-state index >= 15 is 0 Å². The van der Waals surface area contributed by atoms with Crippen molar-refractivity contribution in [2.45, 2.75) is 105 Å². The Labute approximate surface area is 354 Å². The molecule has 0 saturated heterocycles. The number of ether oxygens (including phenoxy) is 1. The van der Waals surface area contributed by atoms with Gasteiger partial charge in [-0.3, -0.25) is 0 Å². The topological polar surface area (TPSA) is 46.2 Å². The van der Waals surface area contributed by atoms with E-state index in [0.29, 0.717) is 0 Å². The molecule has 6 aromatic rings. The molecule has 1 unspecified atom stereocenters. The first kappa shape index (κ1) is 42.3. The van der Waals surface area contributed by atoms with E-state index in [1.807, 2.05) is 54.6 Å². The van der Waals surface area contributed by atoms with Crippen LogP contribution < -0.4 is 33.4 Å². The summed E-state index contributed by atoms with van der Waals surface area (Å²) in [5.74, 6) is 4.58. The van der Waals surface area contributed by atoms with Crippen molar-refractivity contribution in [3.05, 3.63) is 167 Å². The second kappa shape index (κ2) is 16.3. The van der Waals surface area contributed by atoms with Gasteiger partial charge in [0.2, 0.25) is 0 Å². The van der Waals surface area contributed by atoms with Gasteiger partial charge in [0.1, 0.15) is 34.5 Å². The molecule has 0 aromatic heterocycles. The maximum Gasteiger partial charge on any atom is 0.330 e. The van der Waals surface area contributed by atoms with E-state index in [0.717, 1.165) is 78.5 Å². The number of para-hydroxylation sites is 6. The SMILES string of the molecule is Cc1ccccc1OP(Oc1ccccc1C(C)(C)C)c1cccc2c1Oc1c(P(Oc3ccccc3C(C)(C)C)Oc3ccccc3C(C)(C)C)cccc1C2(C)C. The van der Waals surface area contributed by atoms with Crippen LogP contribution in [-0.4, -0.2) is 0 Å². The van der Waals surface area contributed by atoms with Gasteiger partial charge in [-0.2, -0.15) is 0 Å². The van der Waals surface area contributed by atoms with Crippen LogP contribution in [0, 0.1) is 6.92 Å². The van der Waals surface area contributed by atoms with Gasteiger partial charge in [0.25, 0.3) is 0 Å². The lowest BCUT2D eigenvalue weighted by Crippen LogP contribution is -2.31. The van der Waals surface area contributed by atoms with Crippen LogP contribution in [0.25, 0.3) is 0 Å². The maximum absolute atomic E-state index is 7.32. The summed E-state index contributed by atoms with van der Waals surface area (Å²) in [5.41, 5.74) is 5.49. The van der Waals surface area contributed by atoms with E-state index in [1.54, 1.807) is 0 Å². The lowest BCUT2D eigenvalue weighted by molar-refractivity contribution is 0.419. The zero-order chi connectivity index (χ0) is 42.3. The van der Waals surface area contributed by atoms with Gasteiger partial charge in [-0.1, -0.05) is 173 Å². The first-order valence-electron chi connectivity index (χ1n) is 20.4. The van der Waals surface area contributed by atoms with E-state index in [-0.39, 0.29) is 16.2 Å². The number of hydrogen-bond donors (Lipinski definition) is 0. The van der Waals surface area contributed by atoms with Crippen molar-refractivity contribution in [2.24, 2.45) is 0 Å². The van der Waals surface area contributed by atoms with Gasteiger partial charge in [-0.05, 0) is 81.8 Å². The van der Waals surface area contributed by atoms with Crippen molar-refractivity contribution in [1.82, 2.24) is 0 Å². The largest absolute Gasteiger partial charge is 0.455 e. The highest BCUT2D eigenvalue weighted by Gasteiger charge is 2.41. The molecule has 7 rings (SSSR count). The fraction of sp³-hybridized carbons (Fsp3) is 0.308. The average molecular weight is 825 g/mol. The molecule has 0 spiro atoms. The van der Waals surface area contributed by atoms with Gasteiger partial charge < -0.3 is 22.8 Å². The smallest absolute Gasteiger partial charge is 0.330 e. The van der Waals surface area contributed by atoms with Crippen LogP contribution in [0.3, 0.4) is 0 Å². The van der Waals surface area contributed by atoms with Crippen LogP contribution >= 0.6 is 16.8 Å². The summed E-state index contributed by atoms with van der Waals surface area (Å²) >= 11 is 0. The van der Waals surface area contributed by atoms with Gasteiger partial charge in [0, 0.05) is 16.5 Å². The van der Waals surface area contributed by atoms with Crippen LogP contribution in [0.4, 0.5) is 0 Å². The van der Waals surface area contributed by atoms with Crippen LogP contribution in [0.5, 0.6) is 34.5 Å². The molecule has 5 nitrogen and oxygen atoms in total. The summed E-state index contributed by atoms with van der Waals surface area (Å²) in [6.45, 7) is 26.4. The molecule has 0 bridgehead atoms. The molecule has 1 atom stereocenters. The molecule has 1 aliphatic heterocycles. The Balaban J connectivity index is 1.40. The highest BCUT2D eigenvalue weighted by Crippen LogP contribution is 2.55. The van der Waals surface area contributed by atoms with Crippen molar-refractivity contribution in [1.29, 1.82) is 0 Å². The molecule has 0 aliphatic carbocycles.